The number of carbonyl (C=O) groups is 2. The Bertz CT molecular complexity index is 790. The Morgan fingerprint density at radius 2 is 1.92 bits per heavy atom. The van der Waals surface area contributed by atoms with Gasteiger partial charge in [-0.2, -0.15) is 0 Å². The quantitative estimate of drug-likeness (QED) is 0.639. The maximum Gasteiger partial charge on any atom is 0.279 e. The monoisotopic (exact) mass is 372 g/mol. The van der Waals surface area contributed by atoms with E-state index in [4.69, 9.17) is 4.74 Å². The summed E-state index contributed by atoms with van der Waals surface area (Å²) in [5, 5.41) is 0. The molecule has 1 heterocycles. The van der Waals surface area contributed by atoms with Gasteiger partial charge in [-0.15, -0.1) is 11.3 Å². The number of hydrogen-bond donors (Lipinski definition) is 2. The third-order valence-corrected chi connectivity index (χ3v) is 5.81. The standard InChI is InChI=1S/C20H24N2O3S/c1-13-8-9-16(25-2)15(10-13)12-19(23)21-22-20(24)18-11-14-6-4-3-5-7-17(14)26-18/h8-11H,3-7,12H2,1-2H3,(H,21,23)(H,22,24). The molecule has 1 aromatic carbocycles. The van der Waals surface area contributed by atoms with Crippen molar-refractivity contribution >= 4 is 23.2 Å². The van der Waals surface area contributed by atoms with Crippen LogP contribution in [0.25, 0.3) is 0 Å². The van der Waals surface area contributed by atoms with Gasteiger partial charge in [-0.05, 0) is 50.3 Å². The van der Waals surface area contributed by atoms with Crippen molar-refractivity contribution in [2.75, 3.05) is 7.11 Å². The first-order valence-electron chi connectivity index (χ1n) is 8.91. The molecule has 0 spiro atoms. The maximum atomic E-state index is 12.3. The summed E-state index contributed by atoms with van der Waals surface area (Å²) in [6, 6.07) is 7.66. The zero-order valence-electron chi connectivity index (χ0n) is 15.2. The van der Waals surface area contributed by atoms with Gasteiger partial charge >= 0.3 is 0 Å². The molecule has 1 aliphatic carbocycles. The first-order valence-corrected chi connectivity index (χ1v) is 9.72. The van der Waals surface area contributed by atoms with Crippen molar-refractivity contribution in [1.29, 1.82) is 0 Å². The second-order valence-corrected chi connectivity index (χ2v) is 7.75. The summed E-state index contributed by atoms with van der Waals surface area (Å²) in [6.45, 7) is 1.96. The Hall–Kier alpha value is -2.34. The molecule has 2 amide bonds. The number of amides is 2. The van der Waals surface area contributed by atoms with Gasteiger partial charge in [0.25, 0.3) is 5.91 Å². The molecule has 138 valence electrons. The minimum Gasteiger partial charge on any atom is -0.496 e. The number of rotatable bonds is 4. The Morgan fingerprint density at radius 1 is 1.12 bits per heavy atom. The molecule has 0 unspecified atom stereocenters. The number of nitrogens with one attached hydrogen (secondary N) is 2. The molecule has 0 radical (unpaired) electrons. The Morgan fingerprint density at radius 3 is 2.73 bits per heavy atom. The van der Waals surface area contributed by atoms with Crippen molar-refractivity contribution in [1.82, 2.24) is 10.9 Å². The molecular formula is C20H24N2O3S. The molecule has 26 heavy (non-hydrogen) atoms. The maximum absolute atomic E-state index is 12.3. The van der Waals surface area contributed by atoms with Crippen LogP contribution in [0.3, 0.4) is 0 Å². The van der Waals surface area contributed by atoms with Gasteiger partial charge in [0, 0.05) is 10.4 Å². The van der Waals surface area contributed by atoms with E-state index >= 15 is 0 Å². The van der Waals surface area contributed by atoms with E-state index in [1.54, 1.807) is 7.11 Å². The lowest BCUT2D eigenvalue weighted by Gasteiger charge is -2.10. The number of aryl methyl sites for hydroxylation is 3. The number of hydrogen-bond acceptors (Lipinski definition) is 4. The molecule has 2 aromatic rings. The van der Waals surface area contributed by atoms with Gasteiger partial charge in [-0.25, -0.2) is 0 Å². The first-order chi connectivity index (χ1) is 12.6. The molecule has 0 saturated carbocycles. The topological polar surface area (TPSA) is 67.4 Å². The summed E-state index contributed by atoms with van der Waals surface area (Å²) in [6.07, 6.45) is 5.85. The smallest absolute Gasteiger partial charge is 0.279 e. The summed E-state index contributed by atoms with van der Waals surface area (Å²) in [7, 11) is 1.58. The summed E-state index contributed by atoms with van der Waals surface area (Å²) in [4.78, 5) is 26.5. The number of carbonyl (C=O) groups excluding carboxylic acids is 2. The van der Waals surface area contributed by atoms with Gasteiger partial charge in [-0.1, -0.05) is 24.1 Å². The van der Waals surface area contributed by atoms with Crippen LogP contribution in [0.5, 0.6) is 5.75 Å². The van der Waals surface area contributed by atoms with Crippen molar-refractivity contribution in [3.63, 3.8) is 0 Å². The van der Waals surface area contributed by atoms with Crippen molar-refractivity contribution in [3.8, 4) is 5.75 Å². The van der Waals surface area contributed by atoms with Crippen LogP contribution in [0, 0.1) is 6.92 Å². The van der Waals surface area contributed by atoms with E-state index in [0.29, 0.717) is 10.6 Å². The average molecular weight is 372 g/mol. The SMILES string of the molecule is COc1ccc(C)cc1CC(=O)NNC(=O)c1cc2c(s1)CCCCC2. The molecule has 1 aromatic heterocycles. The fourth-order valence-corrected chi connectivity index (χ4v) is 4.38. The highest BCUT2D eigenvalue weighted by atomic mass is 32.1. The van der Waals surface area contributed by atoms with Crippen LogP contribution in [-0.2, 0) is 24.1 Å². The van der Waals surface area contributed by atoms with Crippen LogP contribution in [-0.4, -0.2) is 18.9 Å². The number of ether oxygens (including phenoxy) is 1. The van der Waals surface area contributed by atoms with E-state index in [-0.39, 0.29) is 18.2 Å². The number of methoxy groups -OCH3 is 1. The second kappa shape index (κ2) is 8.36. The van der Waals surface area contributed by atoms with Crippen LogP contribution in [0.4, 0.5) is 0 Å². The fourth-order valence-electron chi connectivity index (χ4n) is 3.23. The molecule has 3 rings (SSSR count). The zero-order chi connectivity index (χ0) is 18.5. The third kappa shape index (κ3) is 4.43. The van der Waals surface area contributed by atoms with Crippen LogP contribution in [0.2, 0.25) is 0 Å². The zero-order valence-corrected chi connectivity index (χ0v) is 16.0. The average Bonchev–Trinajstić information content (AvgIpc) is 2.91. The number of benzene rings is 1. The summed E-state index contributed by atoms with van der Waals surface area (Å²) in [5.74, 6) is 0.132. The molecule has 6 heteroatoms. The highest BCUT2D eigenvalue weighted by Crippen LogP contribution is 2.28. The van der Waals surface area contributed by atoms with Crippen molar-refractivity contribution in [2.45, 2.75) is 45.4 Å². The lowest BCUT2D eigenvalue weighted by Crippen LogP contribution is -2.42. The molecule has 1 aliphatic rings. The largest absolute Gasteiger partial charge is 0.496 e. The number of fused-ring (bicyclic) bond motifs is 1. The van der Waals surface area contributed by atoms with Gasteiger partial charge in [0.15, 0.2) is 0 Å². The lowest BCUT2D eigenvalue weighted by molar-refractivity contribution is -0.121. The Kier molecular flexibility index (Phi) is 5.93. The molecular weight excluding hydrogens is 348 g/mol. The van der Waals surface area contributed by atoms with Crippen LogP contribution in [0.15, 0.2) is 24.3 Å². The predicted octanol–water partition coefficient (Wildman–Crippen LogP) is 3.34. The minimum absolute atomic E-state index is 0.145. The predicted molar refractivity (Wildman–Crippen MR) is 103 cm³/mol. The molecule has 0 bridgehead atoms. The summed E-state index contributed by atoms with van der Waals surface area (Å²) < 4.78 is 5.29. The van der Waals surface area contributed by atoms with Crippen LogP contribution in [0.1, 0.15) is 50.5 Å². The first kappa shape index (κ1) is 18.5. The van der Waals surface area contributed by atoms with Crippen molar-refractivity contribution in [2.24, 2.45) is 0 Å². The van der Waals surface area contributed by atoms with E-state index in [1.165, 1.54) is 41.0 Å². The van der Waals surface area contributed by atoms with Crippen molar-refractivity contribution < 1.29 is 14.3 Å². The van der Waals surface area contributed by atoms with Gasteiger partial charge in [0.05, 0.1) is 18.4 Å². The number of hydrazine groups is 1. The molecule has 0 saturated heterocycles. The molecule has 0 aliphatic heterocycles. The van der Waals surface area contributed by atoms with E-state index in [1.807, 2.05) is 31.2 Å². The van der Waals surface area contributed by atoms with E-state index in [2.05, 4.69) is 10.9 Å². The summed E-state index contributed by atoms with van der Waals surface area (Å²) >= 11 is 1.54. The molecule has 0 atom stereocenters. The minimum atomic E-state index is -0.277. The van der Waals surface area contributed by atoms with E-state index in [9.17, 15) is 9.59 Å². The van der Waals surface area contributed by atoms with Gasteiger partial charge < -0.3 is 4.74 Å². The van der Waals surface area contributed by atoms with E-state index < -0.39 is 0 Å². The lowest BCUT2D eigenvalue weighted by atomic mass is 10.1. The molecule has 5 nitrogen and oxygen atoms in total. The molecule has 0 fully saturated rings. The van der Waals surface area contributed by atoms with Gasteiger partial charge in [0.2, 0.25) is 5.91 Å². The highest BCUT2D eigenvalue weighted by molar-refractivity contribution is 7.14. The molecule has 2 N–H and O–H groups in total. The van der Waals surface area contributed by atoms with Gasteiger partial charge in [0.1, 0.15) is 5.75 Å². The third-order valence-electron chi connectivity index (χ3n) is 4.57. The summed E-state index contributed by atoms with van der Waals surface area (Å²) in [5.41, 5.74) is 8.17. The normalized spacial score (nSPS) is 13.5. The Balaban J connectivity index is 1.58. The van der Waals surface area contributed by atoms with Gasteiger partial charge in [-0.3, -0.25) is 20.4 Å². The van der Waals surface area contributed by atoms with Crippen LogP contribution >= 0.6 is 11.3 Å². The second-order valence-electron chi connectivity index (χ2n) is 6.61. The van der Waals surface area contributed by atoms with E-state index in [0.717, 1.165) is 24.0 Å². The highest BCUT2D eigenvalue weighted by Gasteiger charge is 2.17. The Labute approximate surface area is 157 Å². The number of thiophene rings is 1. The fraction of sp³-hybridized carbons (Fsp3) is 0.400. The van der Waals surface area contributed by atoms with Crippen molar-refractivity contribution in [3.05, 3.63) is 50.7 Å². The van der Waals surface area contributed by atoms with Crippen LogP contribution < -0.4 is 15.6 Å².